The molecule has 0 unspecified atom stereocenters. The van der Waals surface area contributed by atoms with Crippen LogP contribution in [0.3, 0.4) is 0 Å². The van der Waals surface area contributed by atoms with Gasteiger partial charge in [-0.2, -0.15) is 0 Å². The lowest BCUT2D eigenvalue weighted by molar-refractivity contribution is 0.416. The van der Waals surface area contributed by atoms with Crippen molar-refractivity contribution in [1.82, 2.24) is 9.97 Å². The van der Waals surface area contributed by atoms with Crippen molar-refractivity contribution in [3.05, 3.63) is 28.3 Å². The van der Waals surface area contributed by atoms with E-state index in [0.717, 1.165) is 10.9 Å². The van der Waals surface area contributed by atoms with Crippen LogP contribution in [0.2, 0.25) is 0 Å². The van der Waals surface area contributed by atoms with Gasteiger partial charge in [0.25, 0.3) is 0 Å². The molecule has 2 rings (SSSR count). The third kappa shape index (κ3) is 1.46. The van der Waals surface area contributed by atoms with Gasteiger partial charge in [0.2, 0.25) is 0 Å². The normalized spacial score (nSPS) is 10.4. The molecule has 0 aliphatic heterocycles. The number of fused-ring (bicyclic) bond motifs is 1. The smallest absolute Gasteiger partial charge is 0.345 e. The molecule has 0 fully saturated rings. The number of rotatable bonds is 2. The van der Waals surface area contributed by atoms with Gasteiger partial charge in [0.15, 0.2) is 0 Å². The van der Waals surface area contributed by atoms with Gasteiger partial charge in [-0.25, -0.2) is 9.78 Å². The highest BCUT2D eigenvalue weighted by Crippen LogP contribution is 2.35. The van der Waals surface area contributed by atoms with Gasteiger partial charge in [-0.3, -0.25) is 4.99 Å². The molecule has 0 bridgehead atoms. The van der Waals surface area contributed by atoms with E-state index in [9.17, 15) is 4.79 Å². The van der Waals surface area contributed by atoms with E-state index in [0.29, 0.717) is 17.0 Å². The van der Waals surface area contributed by atoms with Crippen LogP contribution >= 0.6 is 0 Å². The number of hydrogen-bond acceptors (Lipinski definition) is 4. The van der Waals surface area contributed by atoms with E-state index < -0.39 is 0 Å². The third-order valence-corrected chi connectivity index (χ3v) is 2.42. The van der Waals surface area contributed by atoms with Crippen LogP contribution in [0.1, 0.15) is 5.56 Å². The van der Waals surface area contributed by atoms with Crippen LogP contribution in [0.4, 0.5) is 5.69 Å². The second kappa shape index (κ2) is 3.77. The first kappa shape index (κ1) is 10.4. The van der Waals surface area contributed by atoms with E-state index in [2.05, 4.69) is 21.7 Å². The predicted molar refractivity (Wildman–Crippen MR) is 62.9 cm³/mol. The maximum Gasteiger partial charge on any atom is 0.345 e. The van der Waals surface area contributed by atoms with Crippen molar-refractivity contribution < 1.29 is 4.74 Å². The van der Waals surface area contributed by atoms with Gasteiger partial charge < -0.3 is 9.72 Å². The Morgan fingerprint density at radius 1 is 1.56 bits per heavy atom. The fourth-order valence-electron chi connectivity index (χ4n) is 1.67. The number of methoxy groups -OCH3 is 1. The topological polar surface area (TPSA) is 67.3 Å². The van der Waals surface area contributed by atoms with Crippen LogP contribution in [0.15, 0.2) is 22.1 Å². The highest BCUT2D eigenvalue weighted by molar-refractivity contribution is 5.95. The van der Waals surface area contributed by atoms with Gasteiger partial charge in [0.05, 0.1) is 12.6 Å². The molecule has 1 aromatic heterocycles. The van der Waals surface area contributed by atoms with Crippen molar-refractivity contribution in [1.29, 1.82) is 0 Å². The third-order valence-electron chi connectivity index (χ3n) is 2.42. The zero-order chi connectivity index (χ0) is 11.7. The lowest BCUT2D eigenvalue weighted by Crippen LogP contribution is -2.09. The molecule has 1 heterocycles. The number of benzene rings is 1. The molecule has 1 aromatic carbocycles. The summed E-state index contributed by atoms with van der Waals surface area (Å²) in [7, 11) is 1.56. The molecule has 82 valence electrons. The SMILES string of the molecule is C=Nc1c(OC)cc(C)c2[nH]c(=O)ncc12. The average molecular weight is 217 g/mol. The maximum absolute atomic E-state index is 11.1. The van der Waals surface area contributed by atoms with Gasteiger partial charge >= 0.3 is 5.69 Å². The molecule has 0 spiro atoms. The van der Waals surface area contributed by atoms with E-state index in [1.54, 1.807) is 7.11 Å². The quantitative estimate of drug-likeness (QED) is 0.776. The summed E-state index contributed by atoms with van der Waals surface area (Å²) in [6, 6.07) is 1.81. The molecule has 5 nitrogen and oxygen atoms in total. The summed E-state index contributed by atoms with van der Waals surface area (Å²) in [4.78, 5) is 21.4. The van der Waals surface area contributed by atoms with Crippen molar-refractivity contribution in [2.45, 2.75) is 6.92 Å². The summed E-state index contributed by atoms with van der Waals surface area (Å²) in [6.45, 7) is 5.37. The van der Waals surface area contributed by atoms with Crippen molar-refractivity contribution >= 4 is 23.3 Å². The number of ether oxygens (including phenoxy) is 1. The highest BCUT2D eigenvalue weighted by atomic mass is 16.5. The Bertz CT molecular complexity index is 616. The fourth-order valence-corrected chi connectivity index (χ4v) is 1.67. The Kier molecular flexibility index (Phi) is 2.44. The number of aromatic amines is 1. The first-order valence-corrected chi connectivity index (χ1v) is 4.70. The maximum atomic E-state index is 11.1. The summed E-state index contributed by atoms with van der Waals surface area (Å²) >= 11 is 0. The van der Waals surface area contributed by atoms with Crippen LogP contribution in [0.5, 0.6) is 5.75 Å². The number of H-pyrrole nitrogens is 1. The molecular weight excluding hydrogens is 206 g/mol. The highest BCUT2D eigenvalue weighted by Gasteiger charge is 2.10. The van der Waals surface area contributed by atoms with Crippen LogP contribution in [-0.4, -0.2) is 23.8 Å². The lowest BCUT2D eigenvalue weighted by atomic mass is 10.1. The number of aliphatic imine (C=N–C) groups is 1. The Balaban J connectivity index is 2.96. The van der Waals surface area contributed by atoms with E-state index in [4.69, 9.17) is 4.74 Å². The standard InChI is InChI=1S/C11H11N3O2/c1-6-4-8(16-3)10(12-2)7-5-13-11(15)14-9(6)7/h4-5H,2H2,1,3H3,(H,13,14,15). The fraction of sp³-hybridized carbons (Fsp3) is 0.182. The average Bonchev–Trinajstić information content (AvgIpc) is 2.29. The first-order valence-electron chi connectivity index (χ1n) is 4.70. The van der Waals surface area contributed by atoms with Crippen molar-refractivity contribution in [2.24, 2.45) is 4.99 Å². The molecule has 0 aliphatic rings. The molecule has 16 heavy (non-hydrogen) atoms. The second-order valence-electron chi connectivity index (χ2n) is 3.38. The number of nitrogens with zero attached hydrogens (tertiary/aromatic N) is 2. The molecule has 0 saturated heterocycles. The Hall–Kier alpha value is -2.17. The van der Waals surface area contributed by atoms with Crippen molar-refractivity contribution in [2.75, 3.05) is 7.11 Å². The van der Waals surface area contributed by atoms with Crippen LogP contribution in [0.25, 0.3) is 10.9 Å². The number of aromatic nitrogens is 2. The van der Waals surface area contributed by atoms with E-state index >= 15 is 0 Å². The monoisotopic (exact) mass is 217 g/mol. The van der Waals surface area contributed by atoms with E-state index in [1.165, 1.54) is 6.20 Å². The summed E-state index contributed by atoms with van der Waals surface area (Å²) in [6.07, 6.45) is 1.48. The van der Waals surface area contributed by atoms with Gasteiger partial charge in [-0.1, -0.05) is 0 Å². The minimum absolute atomic E-state index is 0.379. The molecule has 2 aromatic rings. The Morgan fingerprint density at radius 3 is 2.94 bits per heavy atom. The summed E-state index contributed by atoms with van der Waals surface area (Å²) in [5.74, 6) is 0.619. The van der Waals surface area contributed by atoms with Crippen LogP contribution < -0.4 is 10.4 Å². The molecule has 5 heteroatoms. The molecule has 0 saturated carbocycles. The summed E-state index contributed by atoms with van der Waals surface area (Å²) in [5, 5.41) is 0.728. The van der Waals surface area contributed by atoms with Gasteiger partial charge in [0, 0.05) is 11.6 Å². The molecule has 0 radical (unpaired) electrons. The molecule has 0 aliphatic carbocycles. The van der Waals surface area contributed by atoms with Gasteiger partial charge in [0.1, 0.15) is 11.4 Å². The van der Waals surface area contributed by atoms with Crippen LogP contribution in [-0.2, 0) is 0 Å². The van der Waals surface area contributed by atoms with Gasteiger partial charge in [-0.15, -0.1) is 0 Å². The number of hydrogen-bond donors (Lipinski definition) is 1. The van der Waals surface area contributed by atoms with E-state index in [-0.39, 0.29) is 5.69 Å². The van der Waals surface area contributed by atoms with Gasteiger partial charge in [-0.05, 0) is 25.3 Å². The summed E-state index contributed by atoms with van der Waals surface area (Å²) < 4.78 is 5.20. The minimum Gasteiger partial charge on any atom is -0.494 e. The minimum atomic E-state index is -0.379. The summed E-state index contributed by atoms with van der Waals surface area (Å²) in [5.41, 5.74) is 1.82. The zero-order valence-corrected chi connectivity index (χ0v) is 9.07. The molecule has 1 N–H and O–H groups in total. The first-order chi connectivity index (χ1) is 7.67. The zero-order valence-electron chi connectivity index (χ0n) is 9.07. The lowest BCUT2D eigenvalue weighted by Gasteiger charge is -2.09. The van der Waals surface area contributed by atoms with E-state index in [1.807, 2.05) is 13.0 Å². The number of nitrogens with one attached hydrogen (secondary N) is 1. The molecular formula is C11H11N3O2. The Morgan fingerprint density at radius 2 is 2.31 bits per heavy atom. The van der Waals surface area contributed by atoms with Crippen molar-refractivity contribution in [3.63, 3.8) is 0 Å². The molecule has 0 amide bonds. The second-order valence-corrected chi connectivity index (χ2v) is 3.38. The Labute approximate surface area is 91.8 Å². The molecule has 0 atom stereocenters. The number of aryl methyl sites for hydroxylation is 1. The largest absolute Gasteiger partial charge is 0.494 e. The predicted octanol–water partition coefficient (Wildman–Crippen LogP) is 1.57. The van der Waals surface area contributed by atoms with Crippen LogP contribution in [0, 0.1) is 6.92 Å². The van der Waals surface area contributed by atoms with Crippen molar-refractivity contribution in [3.8, 4) is 5.75 Å².